The van der Waals surface area contributed by atoms with Gasteiger partial charge in [0.1, 0.15) is 17.1 Å². The molecule has 0 bridgehead atoms. The van der Waals surface area contributed by atoms with Crippen molar-refractivity contribution in [3.8, 4) is 0 Å². The summed E-state index contributed by atoms with van der Waals surface area (Å²) in [6.07, 6.45) is 5.25. The number of piperidine rings is 1. The molecule has 4 rings (SSSR count). The maximum absolute atomic E-state index is 12.4. The molecule has 7 nitrogen and oxygen atoms in total. The summed E-state index contributed by atoms with van der Waals surface area (Å²) in [4.78, 5) is 19.2. The second-order valence-corrected chi connectivity index (χ2v) is 6.50. The largest absolute Gasteiger partial charge is 0.464 e. The highest BCUT2D eigenvalue weighted by molar-refractivity contribution is 5.93. The number of carbonyl (C=O) groups excluding carboxylic acids is 1. The van der Waals surface area contributed by atoms with Crippen LogP contribution in [0.5, 0.6) is 0 Å². The Labute approximate surface area is 145 Å². The highest BCUT2D eigenvalue weighted by atomic mass is 16.3. The molecule has 130 valence electrons. The van der Waals surface area contributed by atoms with Crippen molar-refractivity contribution in [1.29, 1.82) is 0 Å². The van der Waals surface area contributed by atoms with Gasteiger partial charge in [0.25, 0.3) is 5.91 Å². The first-order chi connectivity index (χ1) is 12.1. The molecule has 1 aliphatic heterocycles. The molecule has 3 aromatic heterocycles. The van der Waals surface area contributed by atoms with Gasteiger partial charge in [0, 0.05) is 32.4 Å². The minimum Gasteiger partial charge on any atom is -0.464 e. The molecule has 0 atom stereocenters. The molecule has 0 aliphatic carbocycles. The van der Waals surface area contributed by atoms with Gasteiger partial charge < -0.3 is 14.6 Å². The Morgan fingerprint density at radius 2 is 2.12 bits per heavy atom. The molecule has 25 heavy (non-hydrogen) atoms. The summed E-state index contributed by atoms with van der Waals surface area (Å²) in [5, 5.41) is 8.40. The molecule has 0 radical (unpaired) electrons. The van der Waals surface area contributed by atoms with E-state index in [1.807, 2.05) is 25.1 Å². The predicted molar refractivity (Wildman–Crippen MR) is 94.7 cm³/mol. The Bertz CT molecular complexity index is 905. The Morgan fingerprint density at radius 1 is 1.32 bits per heavy atom. The van der Waals surface area contributed by atoms with E-state index in [4.69, 9.17) is 4.42 Å². The summed E-state index contributed by atoms with van der Waals surface area (Å²) in [6, 6.07) is 5.81. The van der Waals surface area contributed by atoms with Crippen LogP contribution in [-0.4, -0.2) is 39.8 Å². The third kappa shape index (κ3) is 2.97. The van der Waals surface area contributed by atoms with Gasteiger partial charge in [-0.05, 0) is 38.0 Å². The molecule has 0 aromatic carbocycles. The van der Waals surface area contributed by atoms with Gasteiger partial charge in [-0.1, -0.05) is 0 Å². The number of nitrogens with zero attached hydrogens (tertiary/aromatic N) is 4. The number of fused-ring (bicyclic) bond motifs is 1. The lowest BCUT2D eigenvalue weighted by molar-refractivity contribution is 0.0921. The monoisotopic (exact) mass is 339 g/mol. The van der Waals surface area contributed by atoms with Gasteiger partial charge in [-0.2, -0.15) is 5.10 Å². The Kier molecular flexibility index (Phi) is 3.91. The quantitative estimate of drug-likeness (QED) is 0.792. The topological polar surface area (TPSA) is 76.2 Å². The third-order valence-corrected chi connectivity index (χ3v) is 4.72. The smallest absolute Gasteiger partial charge is 0.269 e. The molecule has 0 saturated carbocycles. The lowest BCUT2D eigenvalue weighted by Gasteiger charge is -2.33. The lowest BCUT2D eigenvalue weighted by Crippen LogP contribution is -2.45. The first kappa shape index (κ1) is 15.7. The van der Waals surface area contributed by atoms with Crippen molar-refractivity contribution < 1.29 is 9.21 Å². The number of rotatable bonds is 3. The Hall–Kier alpha value is -2.83. The maximum Gasteiger partial charge on any atom is 0.269 e. The van der Waals surface area contributed by atoms with E-state index in [0.29, 0.717) is 5.69 Å². The van der Waals surface area contributed by atoms with Crippen LogP contribution in [0, 0.1) is 6.92 Å². The van der Waals surface area contributed by atoms with Crippen LogP contribution in [0.15, 0.2) is 35.1 Å². The summed E-state index contributed by atoms with van der Waals surface area (Å²) in [6.45, 7) is 3.60. The summed E-state index contributed by atoms with van der Waals surface area (Å²) in [7, 11) is 1.79. The normalized spacial score (nSPS) is 15.7. The van der Waals surface area contributed by atoms with Gasteiger partial charge in [-0.15, -0.1) is 0 Å². The SMILES string of the molecule is Cc1cc(C(=O)NC2CCN(c3nccc4occc34)CC2)n(C)n1. The van der Waals surface area contributed by atoms with E-state index in [2.05, 4.69) is 20.3 Å². The molecule has 1 saturated heterocycles. The van der Waals surface area contributed by atoms with Crippen molar-refractivity contribution in [2.45, 2.75) is 25.8 Å². The van der Waals surface area contributed by atoms with Crippen molar-refractivity contribution in [3.05, 3.63) is 42.0 Å². The van der Waals surface area contributed by atoms with E-state index < -0.39 is 0 Å². The van der Waals surface area contributed by atoms with E-state index in [1.54, 1.807) is 24.2 Å². The summed E-state index contributed by atoms with van der Waals surface area (Å²) < 4.78 is 7.08. The highest BCUT2D eigenvalue weighted by Crippen LogP contribution is 2.27. The fraction of sp³-hybridized carbons (Fsp3) is 0.389. The van der Waals surface area contributed by atoms with Gasteiger partial charge in [0.2, 0.25) is 0 Å². The van der Waals surface area contributed by atoms with Crippen molar-refractivity contribution in [2.24, 2.45) is 7.05 Å². The van der Waals surface area contributed by atoms with Crippen LogP contribution in [0.3, 0.4) is 0 Å². The van der Waals surface area contributed by atoms with Crippen molar-refractivity contribution in [1.82, 2.24) is 20.1 Å². The maximum atomic E-state index is 12.4. The van der Waals surface area contributed by atoms with E-state index in [0.717, 1.165) is 48.4 Å². The van der Waals surface area contributed by atoms with Crippen molar-refractivity contribution >= 4 is 22.7 Å². The van der Waals surface area contributed by atoms with Crippen LogP contribution in [0.25, 0.3) is 11.0 Å². The molecular weight excluding hydrogens is 318 g/mol. The number of hydrogen-bond acceptors (Lipinski definition) is 5. The number of aromatic nitrogens is 3. The first-order valence-corrected chi connectivity index (χ1v) is 8.50. The number of hydrogen-bond donors (Lipinski definition) is 1. The Balaban J connectivity index is 1.41. The van der Waals surface area contributed by atoms with Crippen LogP contribution < -0.4 is 10.2 Å². The van der Waals surface area contributed by atoms with Gasteiger partial charge in [-0.3, -0.25) is 9.48 Å². The predicted octanol–water partition coefficient (Wildman–Crippen LogP) is 2.27. The van der Waals surface area contributed by atoms with E-state index in [1.165, 1.54) is 0 Å². The number of nitrogens with one attached hydrogen (secondary N) is 1. The second-order valence-electron chi connectivity index (χ2n) is 6.50. The fourth-order valence-corrected chi connectivity index (χ4v) is 3.45. The zero-order valence-electron chi connectivity index (χ0n) is 14.4. The number of anilines is 1. The number of amides is 1. The van der Waals surface area contributed by atoms with Gasteiger partial charge in [-0.25, -0.2) is 4.98 Å². The zero-order valence-corrected chi connectivity index (χ0v) is 14.4. The van der Waals surface area contributed by atoms with Crippen LogP contribution in [0.2, 0.25) is 0 Å². The van der Waals surface area contributed by atoms with Gasteiger partial charge >= 0.3 is 0 Å². The molecule has 1 fully saturated rings. The number of carbonyl (C=O) groups is 1. The summed E-state index contributed by atoms with van der Waals surface area (Å²) in [5.74, 6) is 0.898. The molecule has 1 amide bonds. The number of aryl methyl sites for hydroxylation is 2. The molecule has 0 spiro atoms. The molecule has 1 N–H and O–H groups in total. The molecule has 4 heterocycles. The number of furan rings is 1. The molecule has 1 aliphatic rings. The summed E-state index contributed by atoms with van der Waals surface area (Å²) in [5.41, 5.74) is 2.30. The van der Waals surface area contributed by atoms with Gasteiger partial charge in [0.05, 0.1) is 17.3 Å². The molecular formula is C18H21N5O2. The second kappa shape index (κ2) is 6.23. The van der Waals surface area contributed by atoms with Crippen molar-refractivity contribution in [3.63, 3.8) is 0 Å². The highest BCUT2D eigenvalue weighted by Gasteiger charge is 2.24. The molecule has 7 heteroatoms. The van der Waals surface area contributed by atoms with Crippen LogP contribution >= 0.6 is 0 Å². The van der Waals surface area contributed by atoms with E-state index in [9.17, 15) is 4.79 Å². The first-order valence-electron chi connectivity index (χ1n) is 8.50. The van der Waals surface area contributed by atoms with E-state index in [-0.39, 0.29) is 11.9 Å². The van der Waals surface area contributed by atoms with Crippen LogP contribution in [0.1, 0.15) is 29.0 Å². The number of pyridine rings is 1. The van der Waals surface area contributed by atoms with Gasteiger partial charge in [0.15, 0.2) is 0 Å². The average Bonchev–Trinajstić information content (AvgIpc) is 3.21. The van der Waals surface area contributed by atoms with Crippen LogP contribution in [0.4, 0.5) is 5.82 Å². The van der Waals surface area contributed by atoms with Crippen LogP contribution in [-0.2, 0) is 7.05 Å². The van der Waals surface area contributed by atoms with Crippen molar-refractivity contribution in [2.75, 3.05) is 18.0 Å². The third-order valence-electron chi connectivity index (χ3n) is 4.72. The Morgan fingerprint density at radius 3 is 2.84 bits per heavy atom. The standard InChI is InChI=1S/C18H21N5O2/c1-12-11-15(22(2)21-12)18(24)20-13-4-8-23(9-5-13)17-14-6-10-25-16(14)3-7-19-17/h3,6-7,10-11,13H,4-5,8-9H2,1-2H3,(H,20,24). The molecule has 0 unspecified atom stereocenters. The van der Waals surface area contributed by atoms with E-state index >= 15 is 0 Å². The zero-order chi connectivity index (χ0) is 17.4. The lowest BCUT2D eigenvalue weighted by atomic mass is 10.0. The average molecular weight is 339 g/mol. The minimum atomic E-state index is -0.0587. The fourth-order valence-electron chi connectivity index (χ4n) is 3.45. The minimum absolute atomic E-state index is 0.0587. The summed E-state index contributed by atoms with van der Waals surface area (Å²) >= 11 is 0. The molecule has 3 aromatic rings.